The van der Waals surface area contributed by atoms with E-state index in [9.17, 15) is 0 Å². The molecule has 1 aliphatic carbocycles. The predicted octanol–water partition coefficient (Wildman–Crippen LogP) is 3.43. The fourth-order valence-corrected chi connectivity index (χ4v) is 2.47. The highest BCUT2D eigenvalue weighted by Gasteiger charge is 2.52. The highest BCUT2D eigenvalue weighted by Crippen LogP contribution is 2.37. The number of hydrogen-bond acceptors (Lipinski definition) is 3. The summed E-state index contributed by atoms with van der Waals surface area (Å²) in [5, 5.41) is 0.646. The van der Waals surface area contributed by atoms with Crippen LogP contribution < -0.4 is 10.2 Å². The van der Waals surface area contributed by atoms with Crippen LogP contribution in [0.1, 0.15) is 40.5 Å². The molecule has 114 valence electrons. The Morgan fingerprint density at radius 2 is 1.81 bits per heavy atom. The molecule has 0 unspecified atom stereocenters. The van der Waals surface area contributed by atoms with E-state index in [-0.39, 0.29) is 11.2 Å². The lowest BCUT2D eigenvalue weighted by Crippen LogP contribution is -2.41. The Labute approximate surface area is 132 Å². The quantitative estimate of drug-likeness (QED) is 0.798. The molecule has 0 spiro atoms. The van der Waals surface area contributed by atoms with Gasteiger partial charge in [-0.15, -0.1) is 0 Å². The molecule has 1 aliphatic heterocycles. The van der Waals surface area contributed by atoms with Crippen LogP contribution in [0.3, 0.4) is 0 Å². The number of ether oxygens (including phenoxy) is 1. The van der Waals surface area contributed by atoms with Crippen LogP contribution in [0.4, 0.5) is 0 Å². The third-order valence-corrected chi connectivity index (χ3v) is 5.00. The molecule has 1 aromatic carbocycles. The molecule has 0 atom stereocenters. The Morgan fingerprint density at radius 1 is 1.19 bits per heavy atom. The van der Waals surface area contributed by atoms with Crippen molar-refractivity contribution in [1.82, 2.24) is 0 Å². The Bertz CT molecular complexity index is 524. The van der Waals surface area contributed by atoms with Crippen LogP contribution in [-0.2, 0) is 9.31 Å². The van der Waals surface area contributed by atoms with Gasteiger partial charge in [0, 0.05) is 10.5 Å². The minimum absolute atomic E-state index is 0.369. The molecule has 1 saturated carbocycles. The average Bonchev–Trinajstić information content (AvgIpc) is 3.16. The molecule has 3 nitrogen and oxygen atoms in total. The van der Waals surface area contributed by atoms with Gasteiger partial charge in [-0.3, -0.25) is 0 Å². The topological polar surface area (TPSA) is 27.7 Å². The zero-order valence-electron chi connectivity index (χ0n) is 13.1. The molecule has 0 aromatic heterocycles. The molecular formula is C16H22BClO3. The molecule has 2 fully saturated rings. The van der Waals surface area contributed by atoms with Gasteiger partial charge >= 0.3 is 7.12 Å². The first-order chi connectivity index (χ1) is 9.78. The van der Waals surface area contributed by atoms with Crippen LogP contribution in [0.15, 0.2) is 18.2 Å². The molecule has 5 heteroatoms. The van der Waals surface area contributed by atoms with Crippen molar-refractivity contribution < 1.29 is 14.0 Å². The van der Waals surface area contributed by atoms with Crippen LogP contribution in [-0.4, -0.2) is 24.9 Å². The van der Waals surface area contributed by atoms with E-state index < -0.39 is 7.12 Å². The predicted molar refractivity (Wildman–Crippen MR) is 85.4 cm³/mol. The summed E-state index contributed by atoms with van der Waals surface area (Å²) in [6.45, 7) is 8.93. The lowest BCUT2D eigenvalue weighted by Gasteiger charge is -2.32. The molecule has 21 heavy (non-hydrogen) atoms. The van der Waals surface area contributed by atoms with E-state index in [0.717, 1.165) is 23.7 Å². The fourth-order valence-electron chi connectivity index (χ4n) is 2.26. The smallest absolute Gasteiger partial charge is 0.493 e. The first-order valence-electron chi connectivity index (χ1n) is 7.56. The summed E-state index contributed by atoms with van der Waals surface area (Å²) in [5.41, 5.74) is 0.0983. The minimum Gasteiger partial charge on any atom is -0.493 e. The van der Waals surface area contributed by atoms with Crippen molar-refractivity contribution >= 4 is 24.2 Å². The van der Waals surface area contributed by atoms with Gasteiger partial charge in [-0.1, -0.05) is 11.6 Å². The molecule has 0 N–H and O–H groups in total. The third-order valence-electron chi connectivity index (χ3n) is 4.66. The maximum atomic E-state index is 6.32. The van der Waals surface area contributed by atoms with Crippen molar-refractivity contribution in [2.45, 2.75) is 51.7 Å². The van der Waals surface area contributed by atoms with Gasteiger partial charge in [0.25, 0.3) is 0 Å². The summed E-state index contributed by atoms with van der Waals surface area (Å²) in [7, 11) is -0.452. The molecule has 3 rings (SSSR count). The van der Waals surface area contributed by atoms with Crippen molar-refractivity contribution in [2.24, 2.45) is 5.92 Å². The second-order valence-corrected chi connectivity index (χ2v) is 7.43. The van der Waals surface area contributed by atoms with Crippen molar-refractivity contribution in [1.29, 1.82) is 0 Å². The van der Waals surface area contributed by atoms with Gasteiger partial charge in [0.1, 0.15) is 5.75 Å². The number of rotatable bonds is 4. The number of benzene rings is 1. The first kappa shape index (κ1) is 15.2. The molecule has 1 aromatic rings. The van der Waals surface area contributed by atoms with Gasteiger partial charge in [0.05, 0.1) is 17.8 Å². The zero-order valence-corrected chi connectivity index (χ0v) is 13.9. The summed E-state index contributed by atoms with van der Waals surface area (Å²) in [4.78, 5) is 0. The summed E-state index contributed by atoms with van der Waals surface area (Å²) < 4.78 is 17.9. The van der Waals surface area contributed by atoms with Crippen LogP contribution in [0.25, 0.3) is 0 Å². The maximum absolute atomic E-state index is 6.32. The lowest BCUT2D eigenvalue weighted by molar-refractivity contribution is 0.00578. The average molecular weight is 309 g/mol. The van der Waals surface area contributed by atoms with Gasteiger partial charge in [0.15, 0.2) is 0 Å². The van der Waals surface area contributed by atoms with Crippen LogP contribution in [0.5, 0.6) is 5.75 Å². The van der Waals surface area contributed by atoms with Crippen LogP contribution >= 0.6 is 11.6 Å². The number of hydrogen-bond donors (Lipinski definition) is 0. The molecular weight excluding hydrogens is 286 g/mol. The van der Waals surface area contributed by atoms with Gasteiger partial charge < -0.3 is 14.0 Å². The monoisotopic (exact) mass is 308 g/mol. The van der Waals surface area contributed by atoms with E-state index >= 15 is 0 Å². The molecule has 0 bridgehead atoms. The van der Waals surface area contributed by atoms with E-state index in [2.05, 4.69) is 0 Å². The first-order valence-corrected chi connectivity index (χ1v) is 7.94. The molecule has 1 heterocycles. The van der Waals surface area contributed by atoms with E-state index in [4.69, 9.17) is 25.6 Å². The third kappa shape index (κ3) is 3.08. The minimum atomic E-state index is -0.452. The second kappa shape index (κ2) is 5.18. The van der Waals surface area contributed by atoms with E-state index in [1.165, 1.54) is 12.8 Å². The van der Waals surface area contributed by atoms with Crippen LogP contribution in [0, 0.1) is 5.92 Å². The Balaban J connectivity index is 1.79. The van der Waals surface area contributed by atoms with E-state index in [0.29, 0.717) is 5.02 Å². The Morgan fingerprint density at radius 3 is 2.38 bits per heavy atom. The Kier molecular flexibility index (Phi) is 3.75. The lowest BCUT2D eigenvalue weighted by atomic mass is 9.79. The van der Waals surface area contributed by atoms with Gasteiger partial charge in [-0.05, 0) is 64.7 Å². The largest absolute Gasteiger partial charge is 0.496 e. The molecule has 0 radical (unpaired) electrons. The number of halogens is 1. The Hall–Kier alpha value is -0.705. The van der Waals surface area contributed by atoms with Crippen LogP contribution in [0.2, 0.25) is 5.02 Å². The highest BCUT2D eigenvalue weighted by molar-refractivity contribution is 6.65. The van der Waals surface area contributed by atoms with Crippen molar-refractivity contribution in [3.63, 3.8) is 0 Å². The van der Waals surface area contributed by atoms with E-state index in [1.807, 2.05) is 45.9 Å². The summed E-state index contributed by atoms with van der Waals surface area (Å²) in [5.74, 6) is 1.55. The zero-order chi connectivity index (χ0) is 15.3. The van der Waals surface area contributed by atoms with Crippen molar-refractivity contribution in [2.75, 3.05) is 6.61 Å². The van der Waals surface area contributed by atoms with Crippen molar-refractivity contribution in [3.8, 4) is 5.75 Å². The normalized spacial score (nSPS) is 23.4. The summed E-state index contributed by atoms with van der Waals surface area (Å²) in [6.07, 6.45) is 2.55. The summed E-state index contributed by atoms with van der Waals surface area (Å²) in [6, 6.07) is 5.69. The second-order valence-electron chi connectivity index (χ2n) is 7.03. The molecule has 0 amide bonds. The van der Waals surface area contributed by atoms with Gasteiger partial charge in [0.2, 0.25) is 0 Å². The van der Waals surface area contributed by atoms with Gasteiger partial charge in [-0.2, -0.15) is 0 Å². The highest BCUT2D eigenvalue weighted by atomic mass is 35.5. The molecule has 2 aliphatic rings. The fraction of sp³-hybridized carbons (Fsp3) is 0.625. The SMILES string of the molecule is CC1(C)OB(c2cc(OCC3CC3)ccc2Cl)OC1(C)C. The summed E-state index contributed by atoms with van der Waals surface area (Å²) >= 11 is 6.32. The molecule has 1 saturated heterocycles. The maximum Gasteiger partial charge on any atom is 0.496 e. The standard InChI is InChI=1S/C16H22BClO3/c1-15(2)16(3,4)21-17(20-15)13-9-12(7-8-14(13)18)19-10-11-5-6-11/h7-9,11H,5-6,10H2,1-4H3. The van der Waals surface area contributed by atoms with Crippen molar-refractivity contribution in [3.05, 3.63) is 23.2 Å². The van der Waals surface area contributed by atoms with Gasteiger partial charge in [-0.25, -0.2) is 0 Å². The van der Waals surface area contributed by atoms with E-state index in [1.54, 1.807) is 0 Å².